The molecule has 3 heterocycles. The third kappa shape index (κ3) is 2.79. The molecule has 0 radical (unpaired) electrons. The van der Waals surface area contributed by atoms with Crippen molar-refractivity contribution in [3.05, 3.63) is 48.3 Å². The largest absolute Gasteiger partial charge is 0.467 e. The molecule has 0 fully saturated rings. The summed E-state index contributed by atoms with van der Waals surface area (Å²) in [5, 5.41) is 1.66. The van der Waals surface area contributed by atoms with Crippen molar-refractivity contribution >= 4 is 17.6 Å². The van der Waals surface area contributed by atoms with Crippen LogP contribution in [0.4, 0.5) is 13.2 Å². The first-order valence-electron chi connectivity index (χ1n) is 7.08. The first-order valence-corrected chi connectivity index (χ1v) is 7.08. The van der Waals surface area contributed by atoms with Gasteiger partial charge in [-0.1, -0.05) is 0 Å². The van der Waals surface area contributed by atoms with Crippen molar-refractivity contribution in [1.82, 2.24) is 10.2 Å². The average Bonchev–Trinajstić information content (AvgIpc) is 3.25. The van der Waals surface area contributed by atoms with Crippen molar-refractivity contribution < 1.29 is 31.6 Å². The molecule has 2 aromatic rings. The molecule has 2 aromatic heterocycles. The highest BCUT2D eigenvalue weighted by atomic mass is 19.4. The first-order chi connectivity index (χ1) is 11.7. The van der Waals surface area contributed by atoms with Crippen LogP contribution in [0.2, 0.25) is 0 Å². The molecular weight excluding hydrogens is 343 g/mol. The molecule has 0 bridgehead atoms. The average molecular weight is 355 g/mol. The van der Waals surface area contributed by atoms with Crippen LogP contribution in [0.15, 0.2) is 50.6 Å². The summed E-state index contributed by atoms with van der Waals surface area (Å²) in [6, 6.07) is 5.56. The van der Waals surface area contributed by atoms with E-state index in [4.69, 9.17) is 8.83 Å². The first kappa shape index (κ1) is 16.8. The number of hydrogen-bond acceptors (Lipinski definition) is 5. The summed E-state index contributed by atoms with van der Waals surface area (Å²) in [5.74, 6) is -2.91. The lowest BCUT2D eigenvalue weighted by Crippen LogP contribution is -2.63. The van der Waals surface area contributed by atoms with Gasteiger partial charge in [-0.3, -0.25) is 14.5 Å². The summed E-state index contributed by atoms with van der Waals surface area (Å²) in [6.45, 7) is 1.00. The maximum atomic E-state index is 13.7. The molecule has 0 saturated heterocycles. The summed E-state index contributed by atoms with van der Waals surface area (Å²) in [7, 11) is 0. The van der Waals surface area contributed by atoms with Gasteiger partial charge in [-0.25, -0.2) is 4.99 Å². The fourth-order valence-electron chi connectivity index (χ4n) is 2.41. The molecule has 0 saturated carbocycles. The van der Waals surface area contributed by atoms with Crippen LogP contribution >= 0.6 is 0 Å². The van der Waals surface area contributed by atoms with Crippen molar-refractivity contribution in [3.63, 3.8) is 0 Å². The quantitative estimate of drug-likeness (QED) is 0.912. The van der Waals surface area contributed by atoms with Crippen LogP contribution in [-0.4, -0.2) is 34.4 Å². The minimum Gasteiger partial charge on any atom is -0.467 e. The minimum atomic E-state index is -5.15. The Bertz CT molecular complexity index is 812. The van der Waals surface area contributed by atoms with Gasteiger partial charge in [-0.2, -0.15) is 13.2 Å². The van der Waals surface area contributed by atoms with E-state index in [1.165, 1.54) is 37.5 Å². The molecule has 0 aliphatic carbocycles. The SMILES string of the molecule is CC1=NC(NC(=O)c2ccco2)(C(F)(F)F)C(=O)N1Cc1ccco1. The number of amidine groups is 1. The van der Waals surface area contributed by atoms with E-state index in [0.717, 1.165) is 11.2 Å². The third-order valence-corrected chi connectivity index (χ3v) is 3.62. The van der Waals surface area contributed by atoms with Crippen LogP contribution < -0.4 is 5.32 Å². The van der Waals surface area contributed by atoms with Gasteiger partial charge in [0.05, 0.1) is 19.1 Å². The standard InChI is InChI=1S/C15H12F3N3O4/c1-9-19-14(15(16,17)18,20-12(22)11-5-3-7-25-11)13(23)21(9)8-10-4-2-6-24-10/h2-7H,8H2,1H3,(H,20,22). The molecule has 2 amide bonds. The maximum Gasteiger partial charge on any atom is 0.442 e. The molecule has 0 spiro atoms. The molecule has 1 N–H and O–H groups in total. The van der Waals surface area contributed by atoms with Gasteiger partial charge < -0.3 is 14.2 Å². The Morgan fingerprint density at radius 1 is 1.28 bits per heavy atom. The Balaban J connectivity index is 1.93. The molecule has 1 aliphatic heterocycles. The fourth-order valence-corrected chi connectivity index (χ4v) is 2.41. The van der Waals surface area contributed by atoms with Crippen LogP contribution in [0.5, 0.6) is 0 Å². The molecule has 25 heavy (non-hydrogen) atoms. The highest BCUT2D eigenvalue weighted by Crippen LogP contribution is 2.38. The second-order valence-corrected chi connectivity index (χ2v) is 5.27. The minimum absolute atomic E-state index is 0.196. The number of nitrogens with one attached hydrogen (secondary N) is 1. The van der Waals surface area contributed by atoms with Crippen molar-refractivity contribution in [2.45, 2.75) is 25.3 Å². The lowest BCUT2D eigenvalue weighted by atomic mass is 10.1. The molecule has 3 rings (SSSR count). The lowest BCUT2D eigenvalue weighted by Gasteiger charge is -2.28. The number of hydrogen-bond donors (Lipinski definition) is 1. The van der Waals surface area contributed by atoms with Gasteiger partial charge in [0.15, 0.2) is 5.76 Å². The van der Waals surface area contributed by atoms with E-state index in [2.05, 4.69) is 4.99 Å². The highest BCUT2D eigenvalue weighted by Gasteiger charge is 2.66. The van der Waals surface area contributed by atoms with E-state index in [0.29, 0.717) is 0 Å². The number of halogens is 3. The van der Waals surface area contributed by atoms with E-state index >= 15 is 0 Å². The van der Waals surface area contributed by atoms with Crippen LogP contribution in [0.3, 0.4) is 0 Å². The van der Waals surface area contributed by atoms with Crippen molar-refractivity contribution in [3.8, 4) is 0 Å². The third-order valence-electron chi connectivity index (χ3n) is 3.62. The topological polar surface area (TPSA) is 88.0 Å². The number of furan rings is 2. The van der Waals surface area contributed by atoms with Crippen LogP contribution in [-0.2, 0) is 11.3 Å². The Morgan fingerprint density at radius 3 is 2.52 bits per heavy atom. The van der Waals surface area contributed by atoms with E-state index in [-0.39, 0.29) is 23.9 Å². The van der Waals surface area contributed by atoms with E-state index < -0.39 is 23.7 Å². The van der Waals surface area contributed by atoms with Crippen LogP contribution in [0.1, 0.15) is 23.2 Å². The van der Waals surface area contributed by atoms with Crippen molar-refractivity contribution in [2.24, 2.45) is 4.99 Å². The second-order valence-electron chi connectivity index (χ2n) is 5.27. The number of amides is 2. The zero-order valence-corrected chi connectivity index (χ0v) is 12.8. The molecule has 132 valence electrons. The maximum absolute atomic E-state index is 13.7. The van der Waals surface area contributed by atoms with Gasteiger partial charge in [0, 0.05) is 0 Å². The Morgan fingerprint density at radius 2 is 1.96 bits per heavy atom. The van der Waals surface area contributed by atoms with Gasteiger partial charge in [0.2, 0.25) is 0 Å². The number of nitrogens with zero attached hydrogens (tertiary/aromatic N) is 2. The van der Waals surface area contributed by atoms with Crippen molar-refractivity contribution in [2.75, 3.05) is 0 Å². The number of rotatable bonds is 4. The van der Waals surface area contributed by atoms with Crippen LogP contribution in [0.25, 0.3) is 0 Å². The number of alkyl halides is 3. The number of aliphatic imine (C=N–C) groups is 1. The zero-order valence-electron chi connectivity index (χ0n) is 12.8. The smallest absolute Gasteiger partial charge is 0.442 e. The summed E-state index contributed by atoms with van der Waals surface area (Å²) in [5.41, 5.74) is -3.41. The molecule has 1 aliphatic rings. The van der Waals surface area contributed by atoms with E-state index in [1.807, 2.05) is 0 Å². The summed E-state index contributed by atoms with van der Waals surface area (Å²) in [4.78, 5) is 28.8. The van der Waals surface area contributed by atoms with E-state index in [1.54, 1.807) is 5.32 Å². The number of carbonyl (C=O) groups is 2. The summed E-state index contributed by atoms with van der Waals surface area (Å²) < 4.78 is 50.8. The molecule has 1 atom stereocenters. The normalized spacial score (nSPS) is 20.7. The van der Waals surface area contributed by atoms with Gasteiger partial charge in [0.1, 0.15) is 11.6 Å². The Hall–Kier alpha value is -3.04. The monoisotopic (exact) mass is 355 g/mol. The van der Waals surface area contributed by atoms with Gasteiger partial charge >= 0.3 is 11.8 Å². The molecule has 10 heteroatoms. The highest BCUT2D eigenvalue weighted by molar-refractivity contribution is 6.09. The molecule has 7 nitrogen and oxygen atoms in total. The van der Waals surface area contributed by atoms with Gasteiger partial charge in [-0.15, -0.1) is 0 Å². The van der Waals surface area contributed by atoms with Crippen LogP contribution in [0, 0.1) is 0 Å². The summed E-state index contributed by atoms with van der Waals surface area (Å²) >= 11 is 0. The summed E-state index contributed by atoms with van der Waals surface area (Å²) in [6.07, 6.45) is -2.69. The molecule has 1 unspecified atom stereocenters. The lowest BCUT2D eigenvalue weighted by molar-refractivity contribution is -0.196. The Labute approximate surface area is 139 Å². The van der Waals surface area contributed by atoms with Gasteiger partial charge in [0.25, 0.3) is 11.8 Å². The van der Waals surface area contributed by atoms with Crippen molar-refractivity contribution in [1.29, 1.82) is 0 Å². The number of carbonyl (C=O) groups excluding carboxylic acids is 2. The predicted octanol–water partition coefficient (Wildman–Crippen LogP) is 2.32. The molecular formula is C15H12F3N3O4. The second kappa shape index (κ2) is 5.80. The predicted molar refractivity (Wildman–Crippen MR) is 77.3 cm³/mol. The zero-order chi connectivity index (χ0) is 18.2. The van der Waals surface area contributed by atoms with E-state index in [9.17, 15) is 22.8 Å². The fraction of sp³-hybridized carbons (Fsp3) is 0.267. The Kier molecular flexibility index (Phi) is 3.90. The molecule has 0 aromatic carbocycles. The van der Waals surface area contributed by atoms with Gasteiger partial charge in [-0.05, 0) is 31.2 Å².